The summed E-state index contributed by atoms with van der Waals surface area (Å²) in [5.41, 5.74) is 4.96. The maximum absolute atomic E-state index is 15.2. The summed E-state index contributed by atoms with van der Waals surface area (Å²) in [5.74, 6) is -1.52. The first-order valence-corrected chi connectivity index (χ1v) is 12.4. The lowest BCUT2D eigenvalue weighted by molar-refractivity contribution is 0.0955. The second-order valence-corrected chi connectivity index (χ2v) is 9.97. The molecule has 8 nitrogen and oxygen atoms in total. The van der Waals surface area contributed by atoms with Gasteiger partial charge in [0.2, 0.25) is 10.0 Å². The van der Waals surface area contributed by atoms with Crippen LogP contribution in [-0.2, 0) is 22.9 Å². The molecule has 10 heteroatoms. The van der Waals surface area contributed by atoms with Gasteiger partial charge in [0.25, 0.3) is 5.91 Å². The van der Waals surface area contributed by atoms with E-state index in [1.165, 1.54) is 11.6 Å². The lowest BCUT2D eigenvalue weighted by Crippen LogP contribution is -2.31. The third-order valence-electron chi connectivity index (χ3n) is 6.05. The van der Waals surface area contributed by atoms with Crippen LogP contribution in [-0.4, -0.2) is 41.8 Å². The minimum absolute atomic E-state index is 0.0976. The number of benzene rings is 2. The number of hydrogen-bond acceptors (Lipinski definition) is 5. The minimum atomic E-state index is -3.69. The number of halogens is 1. The van der Waals surface area contributed by atoms with E-state index in [2.05, 4.69) is 15.5 Å². The number of H-pyrrole nitrogens is 1. The van der Waals surface area contributed by atoms with Gasteiger partial charge in [-0.1, -0.05) is 0 Å². The van der Waals surface area contributed by atoms with E-state index < -0.39 is 27.5 Å². The Bertz CT molecular complexity index is 1510. The lowest BCUT2D eigenvalue weighted by atomic mass is 9.85. The number of hydrogen-bond donors (Lipinski definition) is 3. The van der Waals surface area contributed by atoms with Gasteiger partial charge in [-0.2, -0.15) is 5.10 Å². The van der Waals surface area contributed by atoms with Gasteiger partial charge < -0.3 is 5.32 Å². The Morgan fingerprint density at radius 3 is 2.70 bits per heavy atom. The number of rotatable bonds is 5. The fourth-order valence-electron chi connectivity index (χ4n) is 4.53. The molecule has 4 aromatic rings. The van der Waals surface area contributed by atoms with Crippen molar-refractivity contribution in [1.29, 1.82) is 0 Å². The Balaban J connectivity index is 1.55. The number of amides is 1. The van der Waals surface area contributed by atoms with E-state index in [0.717, 1.165) is 59.1 Å². The Kier molecular flexibility index (Phi) is 5.34. The van der Waals surface area contributed by atoms with Crippen LogP contribution in [0.3, 0.4) is 0 Å². The van der Waals surface area contributed by atoms with Crippen LogP contribution in [0.4, 0.5) is 4.39 Å². The predicted octanol–water partition coefficient (Wildman–Crippen LogP) is 2.81. The number of carbonyl (C=O) groups excluding carboxylic acids is 1. The number of sulfonamides is 1. The normalized spacial score (nSPS) is 13.9. The van der Waals surface area contributed by atoms with Crippen molar-refractivity contribution < 1.29 is 17.6 Å². The zero-order valence-corrected chi connectivity index (χ0v) is 18.5. The number of nitrogens with zero attached hydrogens (tertiary/aromatic N) is 2. The van der Waals surface area contributed by atoms with Crippen molar-refractivity contribution in [3.05, 3.63) is 59.0 Å². The van der Waals surface area contributed by atoms with Gasteiger partial charge in [-0.15, -0.1) is 0 Å². The van der Waals surface area contributed by atoms with E-state index in [0.29, 0.717) is 11.3 Å². The molecule has 5 rings (SSSR count). The number of fused-ring (bicyclic) bond motifs is 5. The van der Waals surface area contributed by atoms with Crippen LogP contribution in [0.1, 0.15) is 34.3 Å². The van der Waals surface area contributed by atoms with Crippen molar-refractivity contribution in [2.24, 2.45) is 5.14 Å². The van der Waals surface area contributed by atoms with Crippen LogP contribution in [0.2, 0.25) is 0 Å². The molecular formula is C23H22FN5O3S. The van der Waals surface area contributed by atoms with Crippen LogP contribution in [0.15, 0.2) is 36.5 Å². The first-order chi connectivity index (χ1) is 15.8. The van der Waals surface area contributed by atoms with Crippen molar-refractivity contribution in [3.8, 4) is 11.3 Å². The molecule has 0 saturated carbocycles. The SMILES string of the molecule is NS(=O)(=O)CCNC(=O)c1ccc(-c2nc3ccc4[nH]ncc4c3c3c2CCCC3)c(F)c1. The van der Waals surface area contributed by atoms with Crippen molar-refractivity contribution in [2.75, 3.05) is 12.3 Å². The molecule has 0 bridgehead atoms. The molecule has 1 aliphatic carbocycles. The monoisotopic (exact) mass is 467 g/mol. The first kappa shape index (κ1) is 21.5. The smallest absolute Gasteiger partial charge is 0.251 e. The van der Waals surface area contributed by atoms with Crippen LogP contribution >= 0.6 is 0 Å². The average Bonchev–Trinajstić information content (AvgIpc) is 3.26. The van der Waals surface area contributed by atoms with E-state index in [4.69, 9.17) is 10.1 Å². The maximum Gasteiger partial charge on any atom is 0.251 e. The highest BCUT2D eigenvalue weighted by Crippen LogP contribution is 2.38. The Morgan fingerprint density at radius 2 is 1.94 bits per heavy atom. The number of nitrogens with one attached hydrogen (secondary N) is 2. The van der Waals surface area contributed by atoms with E-state index >= 15 is 4.39 Å². The van der Waals surface area contributed by atoms with Gasteiger partial charge in [-0.3, -0.25) is 9.89 Å². The van der Waals surface area contributed by atoms with Gasteiger partial charge in [-0.25, -0.2) is 22.9 Å². The molecule has 170 valence electrons. The molecule has 2 aromatic carbocycles. The topological polar surface area (TPSA) is 131 Å². The molecule has 1 amide bonds. The Labute approximate surface area is 189 Å². The zero-order chi connectivity index (χ0) is 23.2. The Morgan fingerprint density at radius 1 is 1.15 bits per heavy atom. The number of carbonyl (C=O) groups is 1. The molecule has 0 spiro atoms. The quantitative estimate of drug-likeness (QED) is 0.415. The number of pyridine rings is 1. The summed E-state index contributed by atoms with van der Waals surface area (Å²) in [6, 6.07) is 8.07. The predicted molar refractivity (Wildman–Crippen MR) is 124 cm³/mol. The van der Waals surface area contributed by atoms with E-state index in [-0.39, 0.29) is 12.1 Å². The van der Waals surface area contributed by atoms with Crippen LogP contribution in [0, 0.1) is 5.82 Å². The number of aromatic amines is 1. The molecule has 0 fully saturated rings. The lowest BCUT2D eigenvalue weighted by Gasteiger charge is -2.22. The largest absolute Gasteiger partial charge is 0.351 e. The number of aryl methyl sites for hydroxylation is 1. The summed E-state index contributed by atoms with van der Waals surface area (Å²) in [6.45, 7) is -0.150. The van der Waals surface area contributed by atoms with Crippen molar-refractivity contribution in [1.82, 2.24) is 20.5 Å². The summed E-state index contributed by atoms with van der Waals surface area (Å²) in [6.07, 6.45) is 5.55. The van der Waals surface area contributed by atoms with Gasteiger partial charge in [-0.05, 0) is 67.1 Å². The molecule has 0 atom stereocenters. The van der Waals surface area contributed by atoms with Gasteiger partial charge in [0.05, 0.1) is 28.7 Å². The fourth-order valence-corrected chi connectivity index (χ4v) is 4.91. The second kappa shape index (κ2) is 8.20. The van der Waals surface area contributed by atoms with Gasteiger partial charge in [0.15, 0.2) is 0 Å². The molecular weight excluding hydrogens is 445 g/mol. The van der Waals surface area contributed by atoms with Crippen molar-refractivity contribution >= 4 is 37.7 Å². The highest BCUT2D eigenvalue weighted by molar-refractivity contribution is 7.89. The van der Waals surface area contributed by atoms with Crippen LogP contribution < -0.4 is 10.5 Å². The van der Waals surface area contributed by atoms with Gasteiger partial charge in [0, 0.05) is 28.4 Å². The molecule has 0 unspecified atom stereocenters. The molecule has 1 aliphatic rings. The maximum atomic E-state index is 15.2. The van der Waals surface area contributed by atoms with Crippen molar-refractivity contribution in [3.63, 3.8) is 0 Å². The molecule has 0 radical (unpaired) electrons. The number of nitrogens with two attached hydrogens (primary N) is 1. The summed E-state index contributed by atoms with van der Waals surface area (Å²) < 4.78 is 37.3. The third-order valence-corrected chi connectivity index (χ3v) is 6.82. The summed E-state index contributed by atoms with van der Waals surface area (Å²) >= 11 is 0. The summed E-state index contributed by atoms with van der Waals surface area (Å²) in [5, 5.41) is 16.6. The minimum Gasteiger partial charge on any atom is -0.351 e. The standard InChI is InChI=1S/C23H22FN5O3S/c24-18-11-13(23(30)26-9-10-33(25,31)32)5-6-16(18)22-15-4-2-1-3-14(15)21-17-12-27-29-19(17)7-8-20(21)28-22/h5-8,11-12H,1-4,9-10H2,(H,26,30)(H,27,29)(H2,25,31,32). The van der Waals surface area contributed by atoms with Gasteiger partial charge in [0.1, 0.15) is 5.82 Å². The second-order valence-electron chi connectivity index (χ2n) is 8.23. The highest BCUT2D eigenvalue weighted by atomic mass is 32.2. The molecule has 0 saturated heterocycles. The van der Waals surface area contributed by atoms with E-state index in [9.17, 15) is 13.2 Å². The Hall–Kier alpha value is -3.37. The molecule has 2 aromatic heterocycles. The first-order valence-electron chi connectivity index (χ1n) is 10.7. The molecule has 33 heavy (non-hydrogen) atoms. The molecule has 0 aliphatic heterocycles. The van der Waals surface area contributed by atoms with Crippen LogP contribution in [0.25, 0.3) is 33.1 Å². The van der Waals surface area contributed by atoms with E-state index in [1.54, 1.807) is 12.3 Å². The zero-order valence-electron chi connectivity index (χ0n) is 17.7. The number of primary sulfonamides is 1. The van der Waals surface area contributed by atoms with Crippen molar-refractivity contribution in [2.45, 2.75) is 25.7 Å². The molecule has 4 N–H and O–H groups in total. The average molecular weight is 468 g/mol. The van der Waals surface area contributed by atoms with E-state index in [1.807, 2.05) is 12.1 Å². The highest BCUT2D eigenvalue weighted by Gasteiger charge is 2.23. The summed E-state index contributed by atoms with van der Waals surface area (Å²) in [7, 11) is -3.69. The third kappa shape index (κ3) is 4.07. The number of aromatic nitrogens is 3. The van der Waals surface area contributed by atoms with Crippen LogP contribution in [0.5, 0.6) is 0 Å². The van der Waals surface area contributed by atoms with Gasteiger partial charge >= 0.3 is 0 Å². The fraction of sp³-hybridized carbons (Fsp3) is 0.261. The summed E-state index contributed by atoms with van der Waals surface area (Å²) in [4.78, 5) is 17.1. The molecule has 2 heterocycles.